The van der Waals surface area contributed by atoms with Crippen LogP contribution in [0.25, 0.3) is 0 Å². The predicted molar refractivity (Wildman–Crippen MR) is 47.3 cm³/mol. The molecule has 0 heterocycles. The summed E-state index contributed by atoms with van der Waals surface area (Å²) in [5, 5.41) is 8.59. The molecule has 0 aliphatic heterocycles. The molecule has 0 radical (unpaired) electrons. The molecular formula is C8H8ClFO3. The van der Waals surface area contributed by atoms with E-state index >= 15 is 0 Å². The highest BCUT2D eigenvalue weighted by Gasteiger charge is 2.08. The molecule has 1 N–H and O–H groups in total. The summed E-state index contributed by atoms with van der Waals surface area (Å²) >= 11 is 0. The highest BCUT2D eigenvalue weighted by molar-refractivity contribution is 5.90. The first-order valence-electron chi connectivity index (χ1n) is 3.27. The molecule has 1 aromatic rings. The van der Waals surface area contributed by atoms with E-state index < -0.39 is 12.8 Å². The molecule has 0 saturated heterocycles. The van der Waals surface area contributed by atoms with E-state index in [4.69, 9.17) is 5.11 Å². The van der Waals surface area contributed by atoms with Crippen LogP contribution in [0.4, 0.5) is 4.39 Å². The Labute approximate surface area is 80.5 Å². The van der Waals surface area contributed by atoms with Crippen molar-refractivity contribution < 1.29 is 19.0 Å². The zero-order valence-electron chi connectivity index (χ0n) is 6.57. The fraction of sp³-hybridized carbons (Fsp3) is 0.125. The minimum Gasteiger partial charge on any atom is -0.478 e. The number of ether oxygens (including phenoxy) is 1. The fourth-order valence-corrected chi connectivity index (χ4v) is 0.828. The normalized spacial score (nSPS) is 8.69. The van der Waals surface area contributed by atoms with E-state index in [1.807, 2.05) is 0 Å². The van der Waals surface area contributed by atoms with E-state index in [2.05, 4.69) is 4.74 Å². The topological polar surface area (TPSA) is 46.5 Å². The van der Waals surface area contributed by atoms with Crippen molar-refractivity contribution in [3.8, 4) is 5.75 Å². The third-order valence-corrected chi connectivity index (χ3v) is 1.33. The molecular weight excluding hydrogens is 199 g/mol. The number of para-hydroxylation sites is 1. The molecule has 0 unspecified atom stereocenters. The number of carboxylic acid groups (broad SMARTS) is 1. The quantitative estimate of drug-likeness (QED) is 0.824. The first-order valence-corrected chi connectivity index (χ1v) is 3.27. The fourth-order valence-electron chi connectivity index (χ4n) is 0.828. The van der Waals surface area contributed by atoms with Gasteiger partial charge >= 0.3 is 5.97 Å². The average Bonchev–Trinajstić information content (AvgIpc) is 2.05. The summed E-state index contributed by atoms with van der Waals surface area (Å²) in [5.41, 5.74) is -0.0323. The molecule has 0 saturated carbocycles. The van der Waals surface area contributed by atoms with Crippen LogP contribution in [0.2, 0.25) is 0 Å². The largest absolute Gasteiger partial charge is 0.478 e. The molecule has 5 heteroatoms. The Balaban J connectivity index is 0.00000144. The van der Waals surface area contributed by atoms with Crippen molar-refractivity contribution in [2.45, 2.75) is 0 Å². The lowest BCUT2D eigenvalue weighted by molar-refractivity contribution is 0.0689. The van der Waals surface area contributed by atoms with Crippen LogP contribution in [0.15, 0.2) is 24.3 Å². The second-order valence-electron chi connectivity index (χ2n) is 2.05. The second-order valence-corrected chi connectivity index (χ2v) is 2.05. The molecule has 0 atom stereocenters. The summed E-state index contributed by atoms with van der Waals surface area (Å²) in [5.74, 6) is -1.08. The highest BCUT2D eigenvalue weighted by atomic mass is 35.5. The van der Waals surface area contributed by atoms with Gasteiger partial charge in [0.05, 0.1) is 0 Å². The van der Waals surface area contributed by atoms with E-state index in [-0.39, 0.29) is 23.7 Å². The van der Waals surface area contributed by atoms with Crippen LogP contribution >= 0.6 is 12.4 Å². The average molecular weight is 207 g/mol. The SMILES string of the molecule is Cl.O=C(O)c1ccccc1OCF. The van der Waals surface area contributed by atoms with Gasteiger partial charge in [0.25, 0.3) is 0 Å². The standard InChI is InChI=1S/C8H7FO3.ClH/c9-5-12-7-4-2-1-3-6(7)8(10)11;/h1-4H,5H2,(H,10,11);1H. The van der Waals surface area contributed by atoms with E-state index in [9.17, 15) is 9.18 Å². The monoisotopic (exact) mass is 206 g/mol. The maximum atomic E-state index is 11.7. The molecule has 0 aliphatic rings. The number of aromatic carboxylic acids is 1. The number of alkyl halides is 1. The van der Waals surface area contributed by atoms with Gasteiger partial charge in [-0.05, 0) is 12.1 Å². The molecule has 1 aromatic carbocycles. The molecule has 0 fully saturated rings. The first kappa shape index (κ1) is 11.7. The molecule has 3 nitrogen and oxygen atoms in total. The molecule has 72 valence electrons. The molecule has 13 heavy (non-hydrogen) atoms. The number of halogens is 2. The van der Waals surface area contributed by atoms with Gasteiger partial charge in [-0.1, -0.05) is 12.1 Å². The van der Waals surface area contributed by atoms with Crippen molar-refractivity contribution in [2.75, 3.05) is 6.86 Å². The molecule has 1 rings (SSSR count). The molecule has 0 aromatic heterocycles. The Morgan fingerprint density at radius 1 is 1.46 bits per heavy atom. The summed E-state index contributed by atoms with van der Waals surface area (Å²) in [4.78, 5) is 10.5. The zero-order chi connectivity index (χ0) is 8.97. The van der Waals surface area contributed by atoms with Gasteiger partial charge < -0.3 is 9.84 Å². The number of rotatable bonds is 3. The number of benzene rings is 1. The third kappa shape index (κ3) is 2.91. The summed E-state index contributed by atoms with van der Waals surface area (Å²) in [6, 6.07) is 5.89. The maximum Gasteiger partial charge on any atom is 0.339 e. The van der Waals surface area contributed by atoms with Crippen molar-refractivity contribution in [3.63, 3.8) is 0 Å². The summed E-state index contributed by atoms with van der Waals surface area (Å²) < 4.78 is 16.2. The lowest BCUT2D eigenvalue weighted by atomic mass is 10.2. The molecule has 0 amide bonds. The van der Waals surface area contributed by atoms with Gasteiger partial charge in [-0.2, -0.15) is 0 Å². The van der Waals surface area contributed by atoms with Crippen LogP contribution < -0.4 is 4.74 Å². The third-order valence-electron chi connectivity index (χ3n) is 1.33. The van der Waals surface area contributed by atoms with E-state index in [0.29, 0.717) is 0 Å². The number of carboxylic acids is 1. The highest BCUT2D eigenvalue weighted by Crippen LogP contribution is 2.17. The van der Waals surface area contributed by atoms with Gasteiger partial charge in [0.15, 0.2) is 0 Å². The number of carbonyl (C=O) groups is 1. The van der Waals surface area contributed by atoms with E-state index in [0.717, 1.165) is 0 Å². The van der Waals surface area contributed by atoms with E-state index in [1.54, 1.807) is 12.1 Å². The Hall–Kier alpha value is -1.29. The minimum atomic E-state index is -1.13. The van der Waals surface area contributed by atoms with Crippen molar-refractivity contribution >= 4 is 18.4 Å². The Kier molecular flexibility index (Phi) is 4.84. The van der Waals surface area contributed by atoms with Gasteiger partial charge in [-0.25, -0.2) is 9.18 Å². The van der Waals surface area contributed by atoms with Crippen LogP contribution in [0.1, 0.15) is 10.4 Å². The van der Waals surface area contributed by atoms with E-state index in [1.165, 1.54) is 12.1 Å². The van der Waals surface area contributed by atoms with Crippen molar-refractivity contribution in [2.24, 2.45) is 0 Å². The Morgan fingerprint density at radius 3 is 2.62 bits per heavy atom. The van der Waals surface area contributed by atoms with Crippen LogP contribution in [-0.2, 0) is 0 Å². The molecule has 0 bridgehead atoms. The summed E-state index contributed by atoms with van der Waals surface area (Å²) in [7, 11) is 0. The summed E-state index contributed by atoms with van der Waals surface area (Å²) in [6.07, 6.45) is 0. The second kappa shape index (κ2) is 5.37. The van der Waals surface area contributed by atoms with Crippen molar-refractivity contribution in [1.29, 1.82) is 0 Å². The number of hydrogen-bond acceptors (Lipinski definition) is 2. The van der Waals surface area contributed by atoms with Crippen molar-refractivity contribution in [3.05, 3.63) is 29.8 Å². The van der Waals surface area contributed by atoms with Crippen LogP contribution in [-0.4, -0.2) is 17.9 Å². The van der Waals surface area contributed by atoms with Crippen LogP contribution in [0.5, 0.6) is 5.75 Å². The van der Waals surface area contributed by atoms with Crippen LogP contribution in [0.3, 0.4) is 0 Å². The van der Waals surface area contributed by atoms with Crippen LogP contribution in [0, 0.1) is 0 Å². The van der Waals surface area contributed by atoms with Gasteiger partial charge in [0, 0.05) is 0 Å². The molecule has 0 aliphatic carbocycles. The maximum absolute atomic E-state index is 11.7. The summed E-state index contributed by atoms with van der Waals surface area (Å²) in [6.45, 7) is -1.02. The van der Waals surface area contributed by atoms with Gasteiger partial charge in [-0.3, -0.25) is 0 Å². The lowest BCUT2D eigenvalue weighted by Crippen LogP contribution is -2.01. The zero-order valence-corrected chi connectivity index (χ0v) is 7.38. The smallest absolute Gasteiger partial charge is 0.339 e. The Bertz CT molecular complexity index is 290. The lowest BCUT2D eigenvalue weighted by Gasteiger charge is -2.03. The van der Waals surface area contributed by atoms with Gasteiger partial charge in [-0.15, -0.1) is 12.4 Å². The predicted octanol–water partition coefficient (Wildman–Crippen LogP) is 2.11. The van der Waals surface area contributed by atoms with Gasteiger partial charge in [0.2, 0.25) is 6.86 Å². The first-order chi connectivity index (χ1) is 5.75. The van der Waals surface area contributed by atoms with Crippen molar-refractivity contribution in [1.82, 2.24) is 0 Å². The number of hydrogen-bond donors (Lipinski definition) is 1. The van der Waals surface area contributed by atoms with Gasteiger partial charge in [0.1, 0.15) is 11.3 Å². The minimum absolute atomic E-state index is 0. The Morgan fingerprint density at radius 2 is 2.08 bits per heavy atom. The molecule has 0 spiro atoms.